The van der Waals surface area contributed by atoms with Crippen LogP contribution in [0.1, 0.15) is 83.7 Å². The zero-order valence-corrected chi connectivity index (χ0v) is 28.0. The van der Waals surface area contributed by atoms with Crippen molar-refractivity contribution in [2.75, 3.05) is 5.75 Å². The summed E-state index contributed by atoms with van der Waals surface area (Å²) in [5.41, 5.74) is -1.94. The van der Waals surface area contributed by atoms with E-state index in [0.29, 0.717) is 17.2 Å². The number of thioether (sulfide) groups is 1. The van der Waals surface area contributed by atoms with Gasteiger partial charge in [0, 0.05) is 11.1 Å². The van der Waals surface area contributed by atoms with Crippen molar-refractivity contribution in [3.63, 3.8) is 0 Å². The first-order valence-corrected chi connectivity index (χ1v) is 16.1. The van der Waals surface area contributed by atoms with Crippen LogP contribution in [0.3, 0.4) is 0 Å². The van der Waals surface area contributed by atoms with E-state index in [0.717, 1.165) is 11.8 Å². The van der Waals surface area contributed by atoms with Crippen LogP contribution in [-0.2, 0) is 35.2 Å². The molecule has 1 aliphatic rings. The Morgan fingerprint density at radius 2 is 1.91 bits per heavy atom. The highest BCUT2D eigenvalue weighted by atomic mass is 32.2. The van der Waals surface area contributed by atoms with Crippen LogP contribution < -0.4 is 21.3 Å². The summed E-state index contributed by atoms with van der Waals surface area (Å²) < 4.78 is 10.8. The smallest absolute Gasteiger partial charge is 0.408 e. The number of amides is 4. The number of allylic oxidation sites excluding steroid dienone is 1. The first-order valence-electron chi connectivity index (χ1n) is 14.3. The Balaban J connectivity index is 2.12. The summed E-state index contributed by atoms with van der Waals surface area (Å²) >= 11 is 2.21. The van der Waals surface area contributed by atoms with E-state index in [1.165, 1.54) is 30.6 Å². The predicted octanol–water partition coefficient (Wildman–Crippen LogP) is 2.84. The molecule has 1 aliphatic heterocycles. The summed E-state index contributed by atoms with van der Waals surface area (Å²) in [5, 5.41) is 12.3. The molecule has 3 atom stereocenters. The first-order chi connectivity index (χ1) is 20.4. The molecule has 0 unspecified atom stereocenters. The van der Waals surface area contributed by atoms with Gasteiger partial charge in [0.2, 0.25) is 16.9 Å². The van der Waals surface area contributed by atoms with Crippen molar-refractivity contribution >= 4 is 58.0 Å². The lowest BCUT2D eigenvalue weighted by Gasteiger charge is -2.29. The molecule has 0 radical (unpaired) electrons. The van der Waals surface area contributed by atoms with Crippen molar-refractivity contribution in [1.82, 2.24) is 26.3 Å². The number of cyclic esters (lactones) is 1. The molecule has 1 aromatic heterocycles. The lowest BCUT2D eigenvalue weighted by molar-refractivity contribution is -0.153. The van der Waals surface area contributed by atoms with Crippen molar-refractivity contribution in [1.29, 1.82) is 0 Å². The number of hydrogen-bond acceptors (Lipinski definition) is 11. The molecule has 4 amide bonds. The second-order valence-corrected chi connectivity index (χ2v) is 14.2. The molecule has 4 N–H and O–H groups in total. The zero-order valence-electron chi connectivity index (χ0n) is 26.4. The Bertz CT molecular complexity index is 1250. The van der Waals surface area contributed by atoms with Crippen LogP contribution in [-0.4, -0.2) is 75.0 Å². The van der Waals surface area contributed by atoms with Crippen LogP contribution in [0.4, 0.5) is 4.79 Å². The third kappa shape index (κ3) is 12.3. The van der Waals surface area contributed by atoms with Crippen molar-refractivity contribution in [3.05, 3.63) is 28.2 Å². The van der Waals surface area contributed by atoms with E-state index in [1.807, 2.05) is 0 Å². The summed E-state index contributed by atoms with van der Waals surface area (Å²) in [7, 11) is 0. The average molecular weight is 654 g/mol. The number of alkyl carbamates (subject to hydrolysis) is 1. The number of carbonyl (C=O) groups is 6. The monoisotopic (exact) mass is 653 g/mol. The summed E-state index contributed by atoms with van der Waals surface area (Å²) in [6, 6.07) is -1.81. The van der Waals surface area contributed by atoms with Crippen LogP contribution in [0.5, 0.6) is 0 Å². The fraction of sp³-hybridized carbons (Fsp3) is 0.621. The standard InChI is InChI=1S/C29H43N5O8S2/c1-16(2)22-24(37)41-18(11-9-10-12-43-25(38)17(3)31-27(40)42-28(4,5)6)13-20(35)30-14-21-32-19(15-44-21)23(36)34-29(7,8)26(39)33-22/h9,11,15-18,22H,10,12-14H2,1-8H3,(H,30,35)(H,31,40)(H,33,39)(H,34,36)/b11-9+/t17-,18-,22+/m1/s1. The number of thiazole rings is 1. The van der Waals surface area contributed by atoms with E-state index in [-0.39, 0.29) is 29.7 Å². The van der Waals surface area contributed by atoms with Crippen LogP contribution in [0.25, 0.3) is 0 Å². The minimum Gasteiger partial charge on any atom is -0.456 e. The van der Waals surface area contributed by atoms with Crippen molar-refractivity contribution in [2.24, 2.45) is 5.92 Å². The highest BCUT2D eigenvalue weighted by Gasteiger charge is 2.36. The number of esters is 1. The topological polar surface area (TPSA) is 182 Å². The van der Waals surface area contributed by atoms with Gasteiger partial charge in [0.25, 0.3) is 5.91 Å². The minimum absolute atomic E-state index is 0.0634. The number of carbonyl (C=O) groups excluding carboxylic acids is 6. The molecule has 0 fully saturated rings. The largest absolute Gasteiger partial charge is 0.456 e. The molecule has 244 valence electrons. The Kier molecular flexibility index (Phi) is 13.4. The molecular formula is C29H43N5O8S2. The van der Waals surface area contributed by atoms with Gasteiger partial charge < -0.3 is 30.7 Å². The lowest BCUT2D eigenvalue weighted by Crippen LogP contribution is -2.59. The van der Waals surface area contributed by atoms with Crippen LogP contribution >= 0.6 is 23.1 Å². The van der Waals surface area contributed by atoms with Crippen molar-refractivity contribution in [2.45, 2.75) is 104 Å². The van der Waals surface area contributed by atoms with Crippen LogP contribution in [0, 0.1) is 5.92 Å². The van der Waals surface area contributed by atoms with Crippen LogP contribution in [0.15, 0.2) is 17.5 Å². The van der Waals surface area contributed by atoms with Crippen molar-refractivity contribution in [3.8, 4) is 0 Å². The average Bonchev–Trinajstić information content (AvgIpc) is 3.37. The van der Waals surface area contributed by atoms with E-state index in [4.69, 9.17) is 9.47 Å². The maximum atomic E-state index is 13.2. The summed E-state index contributed by atoms with van der Waals surface area (Å²) in [6.45, 7) is 13.3. The minimum atomic E-state index is -1.37. The van der Waals surface area contributed by atoms with E-state index in [1.54, 1.807) is 53.7 Å². The molecule has 2 rings (SSSR count). The van der Waals surface area contributed by atoms with Gasteiger partial charge in [-0.25, -0.2) is 14.6 Å². The molecule has 2 heterocycles. The summed E-state index contributed by atoms with van der Waals surface area (Å²) in [4.78, 5) is 80.4. The maximum absolute atomic E-state index is 13.2. The molecule has 0 saturated carbocycles. The number of rotatable bonds is 7. The Morgan fingerprint density at radius 3 is 2.55 bits per heavy atom. The van der Waals surface area contributed by atoms with Gasteiger partial charge in [-0.1, -0.05) is 31.7 Å². The van der Waals surface area contributed by atoms with Gasteiger partial charge >= 0.3 is 12.1 Å². The SMILES string of the molecule is CC(C)[C@@H]1NC(=O)C(C)(C)NC(=O)c2csc(n2)CNC(=O)C[C@@H](/C=C/CCSC(=O)[C@@H](C)NC(=O)OC(C)(C)C)OC1=O. The van der Waals surface area contributed by atoms with Gasteiger partial charge in [-0.3, -0.25) is 19.2 Å². The van der Waals surface area contributed by atoms with Gasteiger partial charge in [0.15, 0.2) is 0 Å². The summed E-state index contributed by atoms with van der Waals surface area (Å²) in [6.07, 6.45) is 1.84. The zero-order chi connectivity index (χ0) is 33.2. The van der Waals surface area contributed by atoms with Gasteiger partial charge in [0.05, 0.1) is 19.0 Å². The fourth-order valence-corrected chi connectivity index (χ4v) is 5.14. The van der Waals surface area contributed by atoms with Crippen LogP contribution in [0.2, 0.25) is 0 Å². The Hall–Kier alpha value is -3.46. The number of aromatic nitrogens is 1. The fourth-order valence-electron chi connectivity index (χ4n) is 3.66. The van der Waals surface area contributed by atoms with E-state index in [9.17, 15) is 28.8 Å². The predicted molar refractivity (Wildman–Crippen MR) is 167 cm³/mol. The van der Waals surface area contributed by atoms with Gasteiger partial charge in [0.1, 0.15) is 34.0 Å². The lowest BCUT2D eigenvalue weighted by atomic mass is 9.99. The first kappa shape index (κ1) is 36.7. The molecule has 2 bridgehead atoms. The second-order valence-electron chi connectivity index (χ2n) is 12.1. The number of ether oxygens (including phenoxy) is 2. The van der Waals surface area contributed by atoms with Gasteiger partial charge in [-0.05, 0) is 60.0 Å². The normalized spacial score (nSPS) is 20.8. The molecular weight excluding hydrogens is 610 g/mol. The molecule has 15 heteroatoms. The Morgan fingerprint density at radius 1 is 1.23 bits per heavy atom. The quantitative estimate of drug-likeness (QED) is 0.194. The third-order valence-corrected chi connectivity index (χ3v) is 7.97. The molecule has 13 nitrogen and oxygen atoms in total. The molecule has 1 aromatic rings. The number of fused-ring (bicyclic) bond motifs is 2. The molecule has 0 spiro atoms. The summed E-state index contributed by atoms with van der Waals surface area (Å²) in [5.74, 6) is -2.30. The van der Waals surface area contributed by atoms with E-state index in [2.05, 4.69) is 26.3 Å². The maximum Gasteiger partial charge on any atom is 0.408 e. The Labute approximate surface area is 266 Å². The van der Waals surface area contributed by atoms with Gasteiger partial charge in [-0.15, -0.1) is 11.3 Å². The van der Waals surface area contributed by atoms with E-state index < -0.39 is 59.1 Å². The number of hydrogen-bond donors (Lipinski definition) is 4. The number of nitrogens with zero attached hydrogens (tertiary/aromatic N) is 1. The van der Waals surface area contributed by atoms with E-state index >= 15 is 0 Å². The van der Waals surface area contributed by atoms with Crippen molar-refractivity contribution < 1.29 is 38.2 Å². The molecule has 0 aliphatic carbocycles. The molecule has 44 heavy (non-hydrogen) atoms. The highest BCUT2D eigenvalue weighted by Crippen LogP contribution is 2.16. The molecule has 0 saturated heterocycles. The second kappa shape index (κ2) is 16.0. The van der Waals surface area contributed by atoms with Gasteiger partial charge in [-0.2, -0.15) is 0 Å². The highest BCUT2D eigenvalue weighted by molar-refractivity contribution is 8.13. The molecule has 0 aromatic carbocycles. The number of nitrogens with one attached hydrogen (secondary N) is 4. The third-order valence-electron chi connectivity index (χ3n) is 6.04.